The Morgan fingerprint density at radius 2 is 1.80 bits per heavy atom. The van der Waals surface area contributed by atoms with E-state index in [9.17, 15) is 4.79 Å². The summed E-state index contributed by atoms with van der Waals surface area (Å²) in [6.45, 7) is 5.96. The molecule has 0 atom stereocenters. The lowest BCUT2D eigenvalue weighted by Gasteiger charge is -2.33. The number of piperidine rings is 1. The molecule has 5 heteroatoms. The smallest absolute Gasteiger partial charge is 0.225 e. The first-order valence-electron chi connectivity index (χ1n) is 9.61. The molecule has 1 amide bonds. The van der Waals surface area contributed by atoms with Gasteiger partial charge in [-0.05, 0) is 50.3 Å². The molecule has 2 aliphatic heterocycles. The largest absolute Gasteiger partial charge is 0.348 e. The van der Waals surface area contributed by atoms with Crippen molar-refractivity contribution in [3.05, 3.63) is 23.8 Å². The first kappa shape index (κ1) is 16.8. The van der Waals surface area contributed by atoms with Crippen LogP contribution in [0.2, 0.25) is 0 Å². The van der Waals surface area contributed by atoms with Crippen LogP contribution in [0.5, 0.6) is 0 Å². The van der Waals surface area contributed by atoms with Gasteiger partial charge in [0, 0.05) is 32.1 Å². The first-order chi connectivity index (χ1) is 12.2. The molecule has 1 aromatic heterocycles. The third-order valence-electron chi connectivity index (χ3n) is 5.57. The van der Waals surface area contributed by atoms with E-state index in [4.69, 9.17) is 4.98 Å². The lowest BCUT2D eigenvalue weighted by atomic mass is 9.95. The molecule has 2 saturated heterocycles. The van der Waals surface area contributed by atoms with E-state index in [0.717, 1.165) is 49.7 Å². The van der Waals surface area contributed by atoms with Crippen LogP contribution >= 0.6 is 11.3 Å². The molecule has 4 rings (SSSR count). The monoisotopic (exact) mass is 357 g/mol. The summed E-state index contributed by atoms with van der Waals surface area (Å²) >= 11 is 1.78. The van der Waals surface area contributed by atoms with Gasteiger partial charge in [-0.1, -0.05) is 30.2 Å². The topological polar surface area (TPSA) is 36.4 Å². The van der Waals surface area contributed by atoms with Gasteiger partial charge in [0.2, 0.25) is 5.91 Å². The second kappa shape index (κ2) is 7.32. The maximum atomic E-state index is 12.8. The fourth-order valence-electron chi connectivity index (χ4n) is 4.02. The molecular formula is C20H27N3OS. The minimum absolute atomic E-state index is 0.214. The minimum Gasteiger partial charge on any atom is -0.348 e. The number of thiazole rings is 1. The number of hydrogen-bond donors (Lipinski definition) is 0. The number of aryl methyl sites for hydroxylation is 1. The normalized spacial score (nSPS) is 20.0. The van der Waals surface area contributed by atoms with Gasteiger partial charge in [-0.2, -0.15) is 0 Å². The zero-order valence-corrected chi connectivity index (χ0v) is 15.9. The fraction of sp³-hybridized carbons (Fsp3) is 0.600. The summed E-state index contributed by atoms with van der Waals surface area (Å²) in [4.78, 5) is 22.1. The Hall–Kier alpha value is -1.62. The Morgan fingerprint density at radius 1 is 1.08 bits per heavy atom. The summed E-state index contributed by atoms with van der Waals surface area (Å²) in [5.41, 5.74) is 2.37. The summed E-state index contributed by atoms with van der Waals surface area (Å²) in [6.07, 6.45) is 6.83. The minimum atomic E-state index is 0.214. The van der Waals surface area contributed by atoms with Crippen LogP contribution in [0.25, 0.3) is 10.2 Å². The van der Waals surface area contributed by atoms with E-state index in [-0.39, 0.29) is 5.92 Å². The quantitative estimate of drug-likeness (QED) is 0.807. The van der Waals surface area contributed by atoms with Gasteiger partial charge in [0.1, 0.15) is 0 Å². The molecule has 3 heterocycles. The van der Waals surface area contributed by atoms with Crippen molar-refractivity contribution in [1.29, 1.82) is 0 Å². The number of hydrogen-bond acceptors (Lipinski definition) is 4. The van der Waals surface area contributed by atoms with Gasteiger partial charge >= 0.3 is 0 Å². The average Bonchev–Trinajstić information content (AvgIpc) is 2.86. The fourth-order valence-corrected chi connectivity index (χ4v) is 5.14. The Morgan fingerprint density at radius 3 is 2.52 bits per heavy atom. The van der Waals surface area contributed by atoms with Gasteiger partial charge in [-0.25, -0.2) is 4.98 Å². The highest BCUT2D eigenvalue weighted by Crippen LogP contribution is 2.32. The number of likely N-dealkylation sites (tertiary alicyclic amines) is 1. The molecule has 1 aromatic carbocycles. The van der Waals surface area contributed by atoms with Crippen molar-refractivity contribution in [1.82, 2.24) is 9.88 Å². The Balaban J connectivity index is 1.39. The van der Waals surface area contributed by atoms with Crippen molar-refractivity contribution < 1.29 is 4.79 Å². The Labute approximate surface area is 153 Å². The number of aromatic nitrogens is 1. The predicted octanol–water partition coefficient (Wildman–Crippen LogP) is 4.22. The number of anilines is 1. The highest BCUT2D eigenvalue weighted by atomic mass is 32.1. The molecule has 2 aliphatic rings. The van der Waals surface area contributed by atoms with E-state index in [0.29, 0.717) is 5.91 Å². The van der Waals surface area contributed by atoms with Crippen molar-refractivity contribution in [3.63, 3.8) is 0 Å². The zero-order valence-electron chi connectivity index (χ0n) is 15.0. The number of carbonyl (C=O) groups excluding carboxylic acids is 1. The van der Waals surface area contributed by atoms with E-state index in [1.165, 1.54) is 35.9 Å². The predicted molar refractivity (Wildman–Crippen MR) is 104 cm³/mol. The lowest BCUT2D eigenvalue weighted by molar-refractivity contribution is -0.136. The Bertz CT molecular complexity index is 740. The van der Waals surface area contributed by atoms with E-state index in [1.54, 1.807) is 11.3 Å². The lowest BCUT2D eigenvalue weighted by Crippen LogP contribution is -2.43. The molecule has 0 bridgehead atoms. The summed E-state index contributed by atoms with van der Waals surface area (Å²) in [5, 5.41) is 1.11. The summed E-state index contributed by atoms with van der Waals surface area (Å²) < 4.78 is 1.26. The van der Waals surface area contributed by atoms with Crippen LogP contribution in [-0.2, 0) is 4.79 Å². The third-order valence-corrected chi connectivity index (χ3v) is 6.64. The van der Waals surface area contributed by atoms with Gasteiger partial charge in [-0.3, -0.25) is 4.79 Å². The molecule has 0 aliphatic carbocycles. The molecule has 0 radical (unpaired) electrons. The van der Waals surface area contributed by atoms with Crippen molar-refractivity contribution in [2.24, 2.45) is 5.92 Å². The summed E-state index contributed by atoms with van der Waals surface area (Å²) in [7, 11) is 0. The first-order valence-corrected chi connectivity index (χ1v) is 10.4. The Kier molecular flexibility index (Phi) is 4.93. The average molecular weight is 358 g/mol. The molecule has 0 spiro atoms. The number of rotatable bonds is 2. The van der Waals surface area contributed by atoms with Crippen molar-refractivity contribution in [2.45, 2.75) is 45.4 Å². The standard InChI is InChI=1S/C20H27N3OS/c1-15-6-7-17-18(14-15)25-20(21-17)23-12-8-16(9-13-23)19(24)22-10-4-2-3-5-11-22/h6-7,14,16H,2-5,8-13H2,1H3. The van der Waals surface area contributed by atoms with Crippen molar-refractivity contribution in [3.8, 4) is 0 Å². The van der Waals surface area contributed by atoms with E-state index in [1.807, 2.05) is 0 Å². The van der Waals surface area contributed by atoms with Crippen molar-refractivity contribution in [2.75, 3.05) is 31.1 Å². The molecular weight excluding hydrogens is 330 g/mol. The molecule has 134 valence electrons. The van der Waals surface area contributed by atoms with E-state index in [2.05, 4.69) is 34.9 Å². The highest BCUT2D eigenvalue weighted by Gasteiger charge is 2.29. The van der Waals surface area contributed by atoms with Gasteiger partial charge in [0.05, 0.1) is 10.2 Å². The number of nitrogens with zero attached hydrogens (tertiary/aromatic N) is 3. The van der Waals surface area contributed by atoms with Crippen LogP contribution in [-0.4, -0.2) is 42.0 Å². The van der Waals surface area contributed by atoms with Crippen LogP contribution in [0.4, 0.5) is 5.13 Å². The summed E-state index contributed by atoms with van der Waals surface area (Å²) in [5.74, 6) is 0.618. The van der Waals surface area contributed by atoms with Crippen molar-refractivity contribution >= 4 is 32.6 Å². The van der Waals surface area contributed by atoms with Gasteiger partial charge in [0.25, 0.3) is 0 Å². The molecule has 0 unspecified atom stereocenters. The van der Waals surface area contributed by atoms with Gasteiger partial charge < -0.3 is 9.80 Å². The third kappa shape index (κ3) is 3.66. The molecule has 4 nitrogen and oxygen atoms in total. The molecule has 2 fully saturated rings. The maximum absolute atomic E-state index is 12.8. The van der Waals surface area contributed by atoms with Crippen LogP contribution in [0.1, 0.15) is 44.1 Å². The highest BCUT2D eigenvalue weighted by molar-refractivity contribution is 7.22. The molecule has 25 heavy (non-hydrogen) atoms. The second-order valence-electron chi connectivity index (χ2n) is 7.47. The van der Waals surface area contributed by atoms with Gasteiger partial charge in [0.15, 0.2) is 5.13 Å². The number of amides is 1. The van der Waals surface area contributed by atoms with Crippen LogP contribution in [0, 0.1) is 12.8 Å². The number of carbonyl (C=O) groups is 1. The van der Waals surface area contributed by atoms with Crippen LogP contribution in [0.15, 0.2) is 18.2 Å². The number of benzene rings is 1. The van der Waals surface area contributed by atoms with Crippen LogP contribution < -0.4 is 4.90 Å². The van der Waals surface area contributed by atoms with Gasteiger partial charge in [-0.15, -0.1) is 0 Å². The zero-order chi connectivity index (χ0) is 17.2. The number of fused-ring (bicyclic) bond motifs is 1. The molecule has 0 N–H and O–H groups in total. The SMILES string of the molecule is Cc1ccc2nc(N3CCC(C(=O)N4CCCCCC4)CC3)sc2c1. The van der Waals surface area contributed by atoms with E-state index < -0.39 is 0 Å². The maximum Gasteiger partial charge on any atom is 0.225 e. The van der Waals surface area contributed by atoms with Crippen LogP contribution in [0.3, 0.4) is 0 Å². The summed E-state index contributed by atoms with van der Waals surface area (Å²) in [6, 6.07) is 6.45. The molecule has 2 aromatic rings. The van der Waals surface area contributed by atoms with E-state index >= 15 is 0 Å². The second-order valence-corrected chi connectivity index (χ2v) is 8.48. The molecule has 0 saturated carbocycles.